The van der Waals surface area contributed by atoms with Crippen LogP contribution in [0.3, 0.4) is 0 Å². The Morgan fingerprint density at radius 2 is 2.00 bits per heavy atom. The molecular formula is C14H22N2O4S. The van der Waals surface area contributed by atoms with E-state index in [1.807, 2.05) is 13.8 Å². The number of nitrogens with one attached hydrogen (secondary N) is 1. The quantitative estimate of drug-likeness (QED) is 0.892. The first-order valence-corrected chi connectivity index (χ1v) is 8.61. The standard InChI is InChI=1S/C14H22N2O4S/c1-5-11-7-6-8(2)16(11)21(19,20)13-9(3)12(14(17)18)15-10(13)4/h8,11,15H,5-7H2,1-4H3,(H,17,18). The zero-order valence-corrected chi connectivity index (χ0v) is 13.6. The van der Waals surface area contributed by atoms with Crippen LogP contribution < -0.4 is 0 Å². The van der Waals surface area contributed by atoms with Gasteiger partial charge >= 0.3 is 5.97 Å². The highest BCUT2D eigenvalue weighted by atomic mass is 32.2. The van der Waals surface area contributed by atoms with Gasteiger partial charge in [0.1, 0.15) is 10.6 Å². The van der Waals surface area contributed by atoms with Crippen molar-refractivity contribution in [3.8, 4) is 0 Å². The van der Waals surface area contributed by atoms with Crippen LogP contribution in [0.4, 0.5) is 0 Å². The van der Waals surface area contributed by atoms with Gasteiger partial charge in [-0.3, -0.25) is 0 Å². The average Bonchev–Trinajstić information content (AvgIpc) is 2.90. The Labute approximate surface area is 125 Å². The molecule has 1 aromatic heterocycles. The van der Waals surface area contributed by atoms with Gasteiger partial charge in [0.25, 0.3) is 0 Å². The molecule has 2 rings (SSSR count). The first kappa shape index (κ1) is 16.0. The molecule has 0 bridgehead atoms. The fourth-order valence-corrected chi connectivity index (χ4v) is 5.67. The van der Waals surface area contributed by atoms with Crippen molar-refractivity contribution in [2.45, 2.75) is 63.9 Å². The molecule has 0 saturated carbocycles. The Balaban J connectivity index is 2.57. The molecule has 1 fully saturated rings. The number of aryl methyl sites for hydroxylation is 1. The minimum Gasteiger partial charge on any atom is -0.477 e. The maximum atomic E-state index is 13.0. The number of carbonyl (C=O) groups is 1. The van der Waals surface area contributed by atoms with Crippen LogP contribution in [0.5, 0.6) is 0 Å². The van der Waals surface area contributed by atoms with Crippen LogP contribution in [-0.2, 0) is 10.0 Å². The van der Waals surface area contributed by atoms with Crippen molar-refractivity contribution in [1.82, 2.24) is 9.29 Å². The molecule has 118 valence electrons. The highest BCUT2D eigenvalue weighted by Crippen LogP contribution is 2.35. The fraction of sp³-hybridized carbons (Fsp3) is 0.643. The first-order valence-electron chi connectivity index (χ1n) is 7.17. The van der Waals surface area contributed by atoms with Crippen LogP contribution in [0.1, 0.15) is 54.9 Å². The largest absolute Gasteiger partial charge is 0.477 e. The molecule has 2 atom stereocenters. The van der Waals surface area contributed by atoms with Crippen LogP contribution >= 0.6 is 0 Å². The summed E-state index contributed by atoms with van der Waals surface area (Å²) >= 11 is 0. The van der Waals surface area contributed by atoms with Crippen molar-refractivity contribution in [3.63, 3.8) is 0 Å². The number of aromatic carboxylic acids is 1. The summed E-state index contributed by atoms with van der Waals surface area (Å²) in [6, 6.07) is -0.0612. The van der Waals surface area contributed by atoms with Crippen molar-refractivity contribution in [2.75, 3.05) is 0 Å². The number of nitrogens with zero attached hydrogens (tertiary/aromatic N) is 1. The van der Waals surface area contributed by atoms with E-state index < -0.39 is 16.0 Å². The zero-order chi connectivity index (χ0) is 15.9. The SMILES string of the molecule is CCC1CCC(C)N1S(=O)(=O)c1c(C)[nH]c(C(=O)O)c1C. The maximum Gasteiger partial charge on any atom is 0.352 e. The molecule has 1 saturated heterocycles. The van der Waals surface area contributed by atoms with E-state index in [1.54, 1.807) is 18.2 Å². The predicted molar refractivity (Wildman–Crippen MR) is 79.0 cm³/mol. The van der Waals surface area contributed by atoms with Crippen LogP contribution in [0.15, 0.2) is 4.90 Å². The first-order chi connectivity index (χ1) is 9.71. The smallest absolute Gasteiger partial charge is 0.352 e. The molecule has 0 aromatic carbocycles. The van der Waals surface area contributed by atoms with Crippen molar-refractivity contribution in [3.05, 3.63) is 17.0 Å². The normalized spacial score (nSPS) is 23.6. The molecule has 0 spiro atoms. The van der Waals surface area contributed by atoms with Gasteiger partial charge < -0.3 is 10.1 Å². The lowest BCUT2D eigenvalue weighted by atomic mass is 10.2. The molecule has 6 nitrogen and oxygen atoms in total. The number of hydrogen-bond acceptors (Lipinski definition) is 3. The molecule has 0 aliphatic carbocycles. The van der Waals surface area contributed by atoms with E-state index in [0.717, 1.165) is 19.3 Å². The number of hydrogen-bond donors (Lipinski definition) is 2. The van der Waals surface area contributed by atoms with Gasteiger partial charge in [-0.2, -0.15) is 4.31 Å². The summed E-state index contributed by atoms with van der Waals surface area (Å²) in [6.07, 6.45) is 2.45. The lowest BCUT2D eigenvalue weighted by Gasteiger charge is -2.27. The summed E-state index contributed by atoms with van der Waals surface area (Å²) in [5, 5.41) is 9.14. The average molecular weight is 314 g/mol. The highest BCUT2D eigenvalue weighted by Gasteiger charge is 2.41. The van der Waals surface area contributed by atoms with Crippen LogP contribution in [0.25, 0.3) is 0 Å². The minimum atomic E-state index is -3.68. The van der Waals surface area contributed by atoms with Gasteiger partial charge in [-0.25, -0.2) is 13.2 Å². The number of aromatic nitrogens is 1. The van der Waals surface area contributed by atoms with E-state index in [4.69, 9.17) is 5.11 Å². The number of aromatic amines is 1. The Morgan fingerprint density at radius 3 is 2.48 bits per heavy atom. The number of carboxylic acids is 1. The van der Waals surface area contributed by atoms with Crippen LogP contribution in [-0.4, -0.2) is 40.9 Å². The molecule has 1 aliphatic rings. The van der Waals surface area contributed by atoms with Crippen molar-refractivity contribution in [2.24, 2.45) is 0 Å². The molecule has 0 amide bonds. The van der Waals surface area contributed by atoms with Gasteiger partial charge in [0.2, 0.25) is 10.0 Å². The molecule has 0 radical (unpaired) electrons. The van der Waals surface area contributed by atoms with Crippen LogP contribution in [0, 0.1) is 13.8 Å². The lowest BCUT2D eigenvalue weighted by molar-refractivity contribution is 0.0690. The van der Waals surface area contributed by atoms with E-state index in [0.29, 0.717) is 5.69 Å². The second kappa shape index (κ2) is 5.46. The fourth-order valence-electron chi connectivity index (χ4n) is 3.30. The van der Waals surface area contributed by atoms with E-state index in [2.05, 4.69) is 4.98 Å². The van der Waals surface area contributed by atoms with Gasteiger partial charge in [0.05, 0.1) is 0 Å². The number of H-pyrrole nitrogens is 1. The van der Waals surface area contributed by atoms with Crippen molar-refractivity contribution in [1.29, 1.82) is 0 Å². The third kappa shape index (κ3) is 2.48. The monoisotopic (exact) mass is 314 g/mol. The lowest BCUT2D eigenvalue weighted by Crippen LogP contribution is -2.40. The molecule has 2 N–H and O–H groups in total. The molecule has 21 heavy (non-hydrogen) atoms. The summed E-state index contributed by atoms with van der Waals surface area (Å²) in [5.74, 6) is -1.14. The molecular weight excluding hydrogens is 292 g/mol. The topological polar surface area (TPSA) is 90.5 Å². The number of sulfonamides is 1. The Morgan fingerprint density at radius 1 is 1.38 bits per heavy atom. The third-order valence-electron chi connectivity index (χ3n) is 4.30. The summed E-state index contributed by atoms with van der Waals surface area (Å²) in [5.41, 5.74) is 0.624. The van der Waals surface area contributed by atoms with Gasteiger partial charge in [0.15, 0.2) is 0 Å². The van der Waals surface area contributed by atoms with Gasteiger partial charge in [0, 0.05) is 23.3 Å². The minimum absolute atomic E-state index is 0.00743. The zero-order valence-electron chi connectivity index (χ0n) is 12.8. The van der Waals surface area contributed by atoms with E-state index >= 15 is 0 Å². The van der Waals surface area contributed by atoms with Crippen molar-refractivity contribution >= 4 is 16.0 Å². The molecule has 2 heterocycles. The predicted octanol–water partition coefficient (Wildman–Crippen LogP) is 2.28. The summed E-state index contributed by atoms with van der Waals surface area (Å²) in [7, 11) is -3.68. The van der Waals surface area contributed by atoms with E-state index in [1.165, 1.54) is 0 Å². The summed E-state index contributed by atoms with van der Waals surface area (Å²) < 4.78 is 27.6. The third-order valence-corrected chi connectivity index (χ3v) is 6.64. The molecule has 2 unspecified atom stereocenters. The number of carboxylic acid groups (broad SMARTS) is 1. The van der Waals surface area contributed by atoms with Crippen molar-refractivity contribution < 1.29 is 18.3 Å². The highest BCUT2D eigenvalue weighted by molar-refractivity contribution is 7.89. The number of rotatable bonds is 4. The summed E-state index contributed by atoms with van der Waals surface area (Å²) in [6.45, 7) is 7.03. The Kier molecular flexibility index (Phi) is 4.17. The summed E-state index contributed by atoms with van der Waals surface area (Å²) in [4.78, 5) is 14.0. The van der Waals surface area contributed by atoms with Gasteiger partial charge in [-0.15, -0.1) is 0 Å². The maximum absolute atomic E-state index is 13.0. The Hall–Kier alpha value is -1.34. The van der Waals surface area contributed by atoms with Gasteiger partial charge in [-0.1, -0.05) is 6.92 Å². The Bertz CT molecular complexity index is 663. The molecule has 1 aliphatic heterocycles. The second-order valence-electron chi connectivity index (χ2n) is 5.71. The van der Waals surface area contributed by atoms with Crippen LogP contribution in [0.2, 0.25) is 0 Å². The molecule has 1 aromatic rings. The van der Waals surface area contributed by atoms with Gasteiger partial charge in [-0.05, 0) is 40.0 Å². The van der Waals surface area contributed by atoms with E-state index in [-0.39, 0.29) is 28.2 Å². The molecule has 7 heteroatoms. The second-order valence-corrected chi connectivity index (χ2v) is 7.49. The van der Waals surface area contributed by atoms with E-state index in [9.17, 15) is 13.2 Å².